The molecular weight excluding hydrogens is 329 g/mol. The summed E-state index contributed by atoms with van der Waals surface area (Å²) >= 11 is 16.9. The highest BCUT2D eigenvalue weighted by Gasteiger charge is 2.06. The Bertz CT molecular complexity index is 670. The largest absolute Gasteiger partial charge is 0.455 e. The van der Waals surface area contributed by atoms with Crippen molar-refractivity contribution in [3.05, 3.63) is 46.1 Å². The zero-order valence-electron chi connectivity index (χ0n) is 11.2. The molecular formula is C14H13Cl2N3OS. The lowest BCUT2D eigenvalue weighted by molar-refractivity contribution is 0.574. The quantitative estimate of drug-likeness (QED) is 0.500. The normalized spacial score (nSPS) is 10.8. The van der Waals surface area contributed by atoms with E-state index in [2.05, 4.69) is 15.8 Å². The van der Waals surface area contributed by atoms with Crippen LogP contribution in [0.4, 0.5) is 0 Å². The summed E-state index contributed by atoms with van der Waals surface area (Å²) in [4.78, 5) is 0. The molecule has 0 aliphatic heterocycles. The van der Waals surface area contributed by atoms with Gasteiger partial charge in [0.15, 0.2) is 5.11 Å². The lowest BCUT2D eigenvalue weighted by Gasteiger charge is -2.02. The second-order valence-electron chi connectivity index (χ2n) is 4.06. The van der Waals surface area contributed by atoms with Crippen molar-refractivity contribution < 1.29 is 4.42 Å². The smallest absolute Gasteiger partial charge is 0.186 e. The minimum absolute atomic E-state index is 0.463. The van der Waals surface area contributed by atoms with Crippen LogP contribution in [0.5, 0.6) is 0 Å². The van der Waals surface area contributed by atoms with E-state index in [1.54, 1.807) is 24.4 Å². The number of halogens is 2. The van der Waals surface area contributed by atoms with Crippen molar-refractivity contribution in [2.75, 3.05) is 6.54 Å². The number of hydrogen-bond donors (Lipinski definition) is 2. The Balaban J connectivity index is 2.05. The zero-order chi connectivity index (χ0) is 15.2. The van der Waals surface area contributed by atoms with Crippen LogP contribution < -0.4 is 10.7 Å². The molecule has 2 aromatic rings. The molecule has 0 fully saturated rings. The fraction of sp³-hybridized carbons (Fsp3) is 0.143. The average Bonchev–Trinajstić information content (AvgIpc) is 2.91. The number of hydrazone groups is 1. The van der Waals surface area contributed by atoms with Crippen LogP contribution in [0.2, 0.25) is 10.0 Å². The Morgan fingerprint density at radius 2 is 2.10 bits per heavy atom. The molecule has 7 heteroatoms. The summed E-state index contributed by atoms with van der Waals surface area (Å²) in [6.07, 6.45) is 1.55. The van der Waals surface area contributed by atoms with Crippen molar-refractivity contribution in [2.45, 2.75) is 6.92 Å². The van der Waals surface area contributed by atoms with Crippen molar-refractivity contribution in [2.24, 2.45) is 5.10 Å². The van der Waals surface area contributed by atoms with E-state index in [4.69, 9.17) is 39.8 Å². The molecule has 0 unspecified atom stereocenters. The van der Waals surface area contributed by atoms with Gasteiger partial charge in [-0.25, -0.2) is 0 Å². The molecule has 4 nitrogen and oxygen atoms in total. The van der Waals surface area contributed by atoms with Crippen LogP contribution in [0, 0.1) is 0 Å². The van der Waals surface area contributed by atoms with Gasteiger partial charge < -0.3 is 9.73 Å². The van der Waals surface area contributed by atoms with Gasteiger partial charge in [0, 0.05) is 12.1 Å². The predicted octanol–water partition coefficient (Wildman–Crippen LogP) is 4.07. The first kappa shape index (κ1) is 15.8. The van der Waals surface area contributed by atoms with Crippen LogP contribution in [0.3, 0.4) is 0 Å². The van der Waals surface area contributed by atoms with Gasteiger partial charge in [0.1, 0.15) is 11.5 Å². The molecule has 0 bridgehead atoms. The lowest BCUT2D eigenvalue weighted by Crippen LogP contribution is -2.31. The molecule has 2 N–H and O–H groups in total. The molecule has 0 saturated carbocycles. The van der Waals surface area contributed by atoms with Crippen LogP contribution >= 0.6 is 35.4 Å². The molecule has 1 heterocycles. The SMILES string of the molecule is CCNC(=S)N/N=C\c1ccc(-c2ccc(Cl)c(Cl)c2)o1. The minimum Gasteiger partial charge on any atom is -0.455 e. The topological polar surface area (TPSA) is 49.6 Å². The van der Waals surface area contributed by atoms with Crippen LogP contribution in [0.15, 0.2) is 39.9 Å². The van der Waals surface area contributed by atoms with Crippen molar-refractivity contribution in [1.29, 1.82) is 0 Å². The van der Waals surface area contributed by atoms with Crippen molar-refractivity contribution in [3.8, 4) is 11.3 Å². The van der Waals surface area contributed by atoms with E-state index in [1.165, 1.54) is 0 Å². The minimum atomic E-state index is 0.463. The Morgan fingerprint density at radius 1 is 1.29 bits per heavy atom. The molecule has 0 radical (unpaired) electrons. The first-order valence-electron chi connectivity index (χ1n) is 6.22. The Hall–Kier alpha value is -1.56. The second kappa shape index (κ2) is 7.45. The zero-order valence-corrected chi connectivity index (χ0v) is 13.5. The van der Waals surface area contributed by atoms with Gasteiger partial charge in [0.2, 0.25) is 0 Å². The average molecular weight is 342 g/mol. The third kappa shape index (κ3) is 4.46. The third-order valence-electron chi connectivity index (χ3n) is 2.53. The number of hydrogen-bond acceptors (Lipinski definition) is 3. The maximum absolute atomic E-state index is 5.99. The third-order valence-corrected chi connectivity index (χ3v) is 3.50. The Morgan fingerprint density at radius 3 is 2.81 bits per heavy atom. The molecule has 110 valence electrons. The first-order chi connectivity index (χ1) is 10.1. The van der Waals surface area contributed by atoms with Gasteiger partial charge in [0.05, 0.1) is 16.3 Å². The highest BCUT2D eigenvalue weighted by molar-refractivity contribution is 7.80. The van der Waals surface area contributed by atoms with Crippen molar-refractivity contribution in [1.82, 2.24) is 10.7 Å². The van der Waals surface area contributed by atoms with Gasteiger partial charge in [-0.15, -0.1) is 0 Å². The monoisotopic (exact) mass is 341 g/mol. The maximum atomic E-state index is 5.99. The standard InChI is InChI=1S/C14H13Cl2N3OS/c1-2-17-14(21)19-18-8-10-4-6-13(20-10)9-3-5-11(15)12(16)7-9/h3-8H,2H2,1H3,(H2,17,19,21)/b18-8-. The van der Waals surface area contributed by atoms with E-state index < -0.39 is 0 Å². The summed E-state index contributed by atoms with van der Waals surface area (Å²) in [5.74, 6) is 1.28. The molecule has 0 spiro atoms. The van der Waals surface area contributed by atoms with E-state index in [-0.39, 0.29) is 0 Å². The van der Waals surface area contributed by atoms with Crippen molar-refractivity contribution in [3.63, 3.8) is 0 Å². The van der Waals surface area contributed by atoms with E-state index >= 15 is 0 Å². The molecule has 0 atom stereocenters. The maximum Gasteiger partial charge on any atom is 0.186 e. The number of rotatable bonds is 4. The Labute approximate surface area is 138 Å². The molecule has 0 aliphatic carbocycles. The van der Waals surface area contributed by atoms with Crippen LogP contribution in [-0.4, -0.2) is 17.9 Å². The van der Waals surface area contributed by atoms with Crippen molar-refractivity contribution >= 4 is 46.7 Å². The summed E-state index contributed by atoms with van der Waals surface area (Å²) in [7, 11) is 0. The number of benzene rings is 1. The van der Waals surface area contributed by atoms with E-state index in [0.717, 1.165) is 12.1 Å². The van der Waals surface area contributed by atoms with Crippen LogP contribution in [0.1, 0.15) is 12.7 Å². The summed E-state index contributed by atoms with van der Waals surface area (Å²) < 4.78 is 5.65. The fourth-order valence-electron chi connectivity index (χ4n) is 1.58. The first-order valence-corrected chi connectivity index (χ1v) is 7.38. The van der Waals surface area contributed by atoms with Gasteiger partial charge in [-0.1, -0.05) is 23.2 Å². The highest BCUT2D eigenvalue weighted by atomic mass is 35.5. The van der Waals surface area contributed by atoms with E-state index in [9.17, 15) is 0 Å². The van der Waals surface area contributed by atoms with Crippen LogP contribution in [0.25, 0.3) is 11.3 Å². The van der Waals surface area contributed by atoms with E-state index in [1.807, 2.05) is 19.1 Å². The highest BCUT2D eigenvalue weighted by Crippen LogP contribution is 2.29. The predicted molar refractivity (Wildman–Crippen MR) is 91.2 cm³/mol. The second-order valence-corrected chi connectivity index (χ2v) is 5.28. The summed E-state index contributed by atoms with van der Waals surface area (Å²) in [6.45, 7) is 2.69. The molecule has 2 rings (SSSR count). The lowest BCUT2D eigenvalue weighted by atomic mass is 10.2. The molecule has 0 aliphatic rings. The van der Waals surface area contributed by atoms with Gasteiger partial charge in [-0.3, -0.25) is 5.43 Å². The fourth-order valence-corrected chi connectivity index (χ4v) is 2.08. The van der Waals surface area contributed by atoms with Gasteiger partial charge in [0.25, 0.3) is 0 Å². The Kier molecular flexibility index (Phi) is 5.61. The molecule has 0 saturated heterocycles. The number of furan rings is 1. The molecule has 1 aromatic heterocycles. The van der Waals surface area contributed by atoms with Gasteiger partial charge >= 0.3 is 0 Å². The number of nitrogens with zero attached hydrogens (tertiary/aromatic N) is 1. The summed E-state index contributed by atoms with van der Waals surface area (Å²) in [5, 5.41) is 8.36. The molecule has 0 amide bonds. The van der Waals surface area contributed by atoms with Gasteiger partial charge in [-0.2, -0.15) is 5.10 Å². The van der Waals surface area contributed by atoms with Crippen LogP contribution in [-0.2, 0) is 0 Å². The molecule has 1 aromatic carbocycles. The van der Waals surface area contributed by atoms with Gasteiger partial charge in [-0.05, 0) is 49.5 Å². The molecule has 21 heavy (non-hydrogen) atoms. The number of thiocarbonyl (C=S) groups is 1. The summed E-state index contributed by atoms with van der Waals surface area (Å²) in [6, 6.07) is 8.96. The summed E-state index contributed by atoms with van der Waals surface area (Å²) in [5.41, 5.74) is 3.54. The van der Waals surface area contributed by atoms with E-state index in [0.29, 0.717) is 26.7 Å². The number of nitrogens with one attached hydrogen (secondary N) is 2.